The van der Waals surface area contributed by atoms with Crippen LogP contribution in [0, 0.1) is 12.8 Å². The first-order valence-corrected chi connectivity index (χ1v) is 6.78. The van der Waals surface area contributed by atoms with Crippen LogP contribution in [-0.4, -0.2) is 26.7 Å². The molecule has 0 saturated heterocycles. The van der Waals surface area contributed by atoms with Gasteiger partial charge in [0, 0.05) is 18.2 Å². The molecule has 0 saturated carbocycles. The largest absolute Gasteiger partial charge is 0.493 e. The summed E-state index contributed by atoms with van der Waals surface area (Å²) in [5.74, 6) is 1.43. The summed E-state index contributed by atoms with van der Waals surface area (Å²) in [6, 6.07) is 3.62. The summed E-state index contributed by atoms with van der Waals surface area (Å²) in [5.41, 5.74) is 7.29. The Bertz CT molecular complexity index is 457. The van der Waals surface area contributed by atoms with Gasteiger partial charge in [0.1, 0.15) is 0 Å². The third kappa shape index (κ3) is 4.13. The summed E-state index contributed by atoms with van der Waals surface area (Å²) in [7, 11) is 3.16. The standard InChI is InChI=1S/C15H24N2O3/c1-5-11(9-16)7-15(18)17-12-8-14(20-4)13(19-3)6-10(12)2/h6,8,11H,5,7,9,16H2,1-4H3,(H,17,18). The summed E-state index contributed by atoms with van der Waals surface area (Å²) in [4.78, 5) is 12.0. The number of aryl methyl sites for hydroxylation is 1. The maximum absolute atomic E-state index is 12.0. The Labute approximate surface area is 120 Å². The van der Waals surface area contributed by atoms with Crippen molar-refractivity contribution < 1.29 is 14.3 Å². The third-order valence-corrected chi connectivity index (χ3v) is 3.39. The first-order chi connectivity index (χ1) is 9.55. The summed E-state index contributed by atoms with van der Waals surface area (Å²) in [6.07, 6.45) is 1.33. The van der Waals surface area contributed by atoms with Gasteiger partial charge in [0.25, 0.3) is 0 Å². The molecule has 1 aromatic rings. The number of amides is 1. The van der Waals surface area contributed by atoms with E-state index < -0.39 is 0 Å². The quantitative estimate of drug-likeness (QED) is 0.804. The zero-order chi connectivity index (χ0) is 15.1. The molecule has 1 unspecified atom stereocenters. The number of nitrogens with one attached hydrogen (secondary N) is 1. The van der Waals surface area contributed by atoms with E-state index in [9.17, 15) is 4.79 Å². The minimum Gasteiger partial charge on any atom is -0.493 e. The van der Waals surface area contributed by atoms with Crippen molar-refractivity contribution in [2.45, 2.75) is 26.7 Å². The predicted octanol–water partition coefficient (Wildman–Crippen LogP) is 2.33. The molecule has 1 atom stereocenters. The number of hydrogen-bond donors (Lipinski definition) is 2. The van der Waals surface area contributed by atoms with Gasteiger partial charge in [0.15, 0.2) is 11.5 Å². The van der Waals surface area contributed by atoms with E-state index in [1.165, 1.54) is 0 Å². The van der Waals surface area contributed by atoms with E-state index >= 15 is 0 Å². The van der Waals surface area contributed by atoms with Crippen LogP contribution in [0.1, 0.15) is 25.3 Å². The number of carbonyl (C=O) groups excluding carboxylic acids is 1. The number of carbonyl (C=O) groups is 1. The normalized spacial score (nSPS) is 11.8. The van der Waals surface area contributed by atoms with Crippen molar-refractivity contribution in [2.75, 3.05) is 26.1 Å². The first kappa shape index (κ1) is 16.3. The molecule has 0 heterocycles. The lowest BCUT2D eigenvalue weighted by atomic mass is 10.0. The SMILES string of the molecule is CCC(CN)CC(=O)Nc1cc(OC)c(OC)cc1C. The molecule has 0 spiro atoms. The Kier molecular flexibility index (Phi) is 6.31. The fourth-order valence-corrected chi connectivity index (χ4v) is 1.97. The molecular formula is C15H24N2O3. The van der Waals surface area contributed by atoms with Crippen molar-refractivity contribution in [3.05, 3.63) is 17.7 Å². The molecule has 0 aromatic heterocycles. The van der Waals surface area contributed by atoms with Gasteiger partial charge in [-0.3, -0.25) is 4.79 Å². The van der Waals surface area contributed by atoms with Gasteiger partial charge < -0.3 is 20.5 Å². The van der Waals surface area contributed by atoms with Gasteiger partial charge >= 0.3 is 0 Å². The van der Waals surface area contributed by atoms with Crippen LogP contribution in [-0.2, 0) is 4.79 Å². The van der Waals surface area contributed by atoms with Gasteiger partial charge in [-0.05, 0) is 31.0 Å². The molecule has 1 aromatic carbocycles. The van der Waals surface area contributed by atoms with Crippen LogP contribution in [0.5, 0.6) is 11.5 Å². The van der Waals surface area contributed by atoms with Gasteiger partial charge in [0.05, 0.1) is 14.2 Å². The smallest absolute Gasteiger partial charge is 0.224 e. The molecule has 0 aliphatic heterocycles. The van der Waals surface area contributed by atoms with Crippen molar-refractivity contribution in [2.24, 2.45) is 11.7 Å². The maximum Gasteiger partial charge on any atom is 0.224 e. The van der Waals surface area contributed by atoms with Crippen molar-refractivity contribution >= 4 is 11.6 Å². The second kappa shape index (κ2) is 7.75. The van der Waals surface area contributed by atoms with Gasteiger partial charge in [-0.2, -0.15) is 0 Å². The molecule has 20 heavy (non-hydrogen) atoms. The molecule has 0 aliphatic carbocycles. The van der Waals surface area contributed by atoms with E-state index in [2.05, 4.69) is 5.32 Å². The molecular weight excluding hydrogens is 256 g/mol. The minimum atomic E-state index is -0.0300. The van der Waals surface area contributed by atoms with Crippen LogP contribution in [0.15, 0.2) is 12.1 Å². The molecule has 1 amide bonds. The van der Waals surface area contributed by atoms with E-state index in [0.29, 0.717) is 24.5 Å². The van der Waals surface area contributed by atoms with E-state index in [0.717, 1.165) is 17.7 Å². The molecule has 1 rings (SSSR count). The lowest BCUT2D eigenvalue weighted by Crippen LogP contribution is -2.22. The Balaban J connectivity index is 2.84. The highest BCUT2D eigenvalue weighted by molar-refractivity contribution is 5.92. The number of hydrogen-bond acceptors (Lipinski definition) is 4. The van der Waals surface area contributed by atoms with Gasteiger partial charge in [-0.15, -0.1) is 0 Å². The van der Waals surface area contributed by atoms with Crippen molar-refractivity contribution in [3.63, 3.8) is 0 Å². The molecule has 112 valence electrons. The molecule has 5 nitrogen and oxygen atoms in total. The van der Waals surface area contributed by atoms with E-state index in [1.54, 1.807) is 20.3 Å². The molecule has 3 N–H and O–H groups in total. The highest BCUT2D eigenvalue weighted by Gasteiger charge is 2.14. The highest BCUT2D eigenvalue weighted by Crippen LogP contribution is 2.33. The Morgan fingerprint density at radius 1 is 1.30 bits per heavy atom. The summed E-state index contributed by atoms with van der Waals surface area (Å²) in [5, 5.41) is 2.91. The monoisotopic (exact) mass is 280 g/mol. The fourth-order valence-electron chi connectivity index (χ4n) is 1.97. The maximum atomic E-state index is 12.0. The van der Waals surface area contributed by atoms with Crippen LogP contribution in [0.2, 0.25) is 0 Å². The van der Waals surface area contributed by atoms with Gasteiger partial charge in [0.2, 0.25) is 5.91 Å². The number of methoxy groups -OCH3 is 2. The van der Waals surface area contributed by atoms with Gasteiger partial charge in [-0.1, -0.05) is 13.3 Å². The minimum absolute atomic E-state index is 0.0300. The average molecular weight is 280 g/mol. The zero-order valence-corrected chi connectivity index (χ0v) is 12.7. The van der Waals surface area contributed by atoms with E-state index in [-0.39, 0.29) is 11.8 Å². The number of anilines is 1. The Morgan fingerprint density at radius 3 is 2.40 bits per heavy atom. The first-order valence-electron chi connectivity index (χ1n) is 6.78. The Hall–Kier alpha value is -1.75. The highest BCUT2D eigenvalue weighted by atomic mass is 16.5. The number of rotatable bonds is 7. The van der Waals surface area contributed by atoms with Crippen LogP contribution >= 0.6 is 0 Å². The summed E-state index contributed by atoms with van der Waals surface area (Å²) < 4.78 is 10.5. The molecule has 0 fully saturated rings. The number of ether oxygens (including phenoxy) is 2. The second-order valence-electron chi connectivity index (χ2n) is 4.78. The second-order valence-corrected chi connectivity index (χ2v) is 4.78. The third-order valence-electron chi connectivity index (χ3n) is 3.39. The Morgan fingerprint density at radius 2 is 1.90 bits per heavy atom. The molecule has 0 aliphatic rings. The number of benzene rings is 1. The lowest BCUT2D eigenvalue weighted by Gasteiger charge is -2.15. The molecule has 5 heteroatoms. The van der Waals surface area contributed by atoms with E-state index in [4.69, 9.17) is 15.2 Å². The summed E-state index contributed by atoms with van der Waals surface area (Å²) in [6.45, 7) is 4.47. The van der Waals surface area contributed by atoms with Crippen LogP contribution in [0.3, 0.4) is 0 Å². The van der Waals surface area contributed by atoms with Crippen LogP contribution < -0.4 is 20.5 Å². The van der Waals surface area contributed by atoms with Crippen molar-refractivity contribution in [1.29, 1.82) is 0 Å². The van der Waals surface area contributed by atoms with Gasteiger partial charge in [-0.25, -0.2) is 0 Å². The molecule has 0 radical (unpaired) electrons. The van der Waals surface area contributed by atoms with Crippen LogP contribution in [0.25, 0.3) is 0 Å². The average Bonchev–Trinajstić information content (AvgIpc) is 2.46. The lowest BCUT2D eigenvalue weighted by molar-refractivity contribution is -0.117. The topological polar surface area (TPSA) is 73.6 Å². The van der Waals surface area contributed by atoms with Crippen LogP contribution in [0.4, 0.5) is 5.69 Å². The zero-order valence-electron chi connectivity index (χ0n) is 12.7. The van der Waals surface area contributed by atoms with E-state index in [1.807, 2.05) is 19.9 Å². The van der Waals surface area contributed by atoms with Crippen molar-refractivity contribution in [3.8, 4) is 11.5 Å². The predicted molar refractivity (Wildman–Crippen MR) is 80.4 cm³/mol. The summed E-state index contributed by atoms with van der Waals surface area (Å²) >= 11 is 0. The fraction of sp³-hybridized carbons (Fsp3) is 0.533. The molecule has 0 bridgehead atoms. The number of nitrogens with two attached hydrogens (primary N) is 1. The van der Waals surface area contributed by atoms with Crippen molar-refractivity contribution in [1.82, 2.24) is 0 Å².